The van der Waals surface area contributed by atoms with Crippen LogP contribution in [0.2, 0.25) is 0 Å². The van der Waals surface area contributed by atoms with Gasteiger partial charge in [0.05, 0.1) is 6.61 Å². The molecule has 6 nitrogen and oxygen atoms in total. The molecule has 1 aromatic carbocycles. The standard InChI is InChI=1S/C17H26N4O2/c1-3-23-12-10-19-17(18-2)20-13-14-6-8-15(9-7-14)21-11-4-5-16(21)22/h6-9H,3-5,10-13H2,1-2H3,(H2,18,19,20). The first-order valence-electron chi connectivity index (χ1n) is 8.16. The van der Waals surface area contributed by atoms with Gasteiger partial charge >= 0.3 is 0 Å². The maximum absolute atomic E-state index is 11.7. The highest BCUT2D eigenvalue weighted by molar-refractivity contribution is 5.95. The van der Waals surface area contributed by atoms with Crippen LogP contribution in [0.5, 0.6) is 0 Å². The first kappa shape index (κ1) is 17.3. The number of rotatable bonds is 7. The van der Waals surface area contributed by atoms with E-state index in [1.807, 2.05) is 36.1 Å². The van der Waals surface area contributed by atoms with Crippen molar-refractivity contribution in [1.29, 1.82) is 0 Å². The van der Waals surface area contributed by atoms with E-state index in [1.165, 1.54) is 0 Å². The number of amides is 1. The molecule has 1 saturated heterocycles. The van der Waals surface area contributed by atoms with Gasteiger partial charge in [0, 0.05) is 45.4 Å². The molecule has 1 fully saturated rings. The van der Waals surface area contributed by atoms with Gasteiger partial charge in [-0.05, 0) is 31.0 Å². The molecule has 126 valence electrons. The summed E-state index contributed by atoms with van der Waals surface area (Å²) in [5.41, 5.74) is 2.13. The number of ether oxygens (including phenoxy) is 1. The van der Waals surface area contributed by atoms with Crippen molar-refractivity contribution in [2.75, 3.05) is 38.3 Å². The minimum atomic E-state index is 0.217. The molecule has 0 radical (unpaired) electrons. The maximum Gasteiger partial charge on any atom is 0.227 e. The molecule has 0 atom stereocenters. The number of hydrogen-bond donors (Lipinski definition) is 2. The Kier molecular flexibility index (Phi) is 6.87. The van der Waals surface area contributed by atoms with Crippen molar-refractivity contribution >= 4 is 17.6 Å². The summed E-state index contributed by atoms with van der Waals surface area (Å²) in [5, 5.41) is 6.46. The van der Waals surface area contributed by atoms with Crippen molar-refractivity contribution in [3.8, 4) is 0 Å². The molecule has 0 spiro atoms. The molecule has 1 aliphatic rings. The number of anilines is 1. The van der Waals surface area contributed by atoms with Crippen molar-refractivity contribution in [2.24, 2.45) is 4.99 Å². The number of benzene rings is 1. The van der Waals surface area contributed by atoms with Crippen LogP contribution in [0.1, 0.15) is 25.3 Å². The minimum absolute atomic E-state index is 0.217. The molecule has 1 aliphatic heterocycles. The van der Waals surface area contributed by atoms with E-state index >= 15 is 0 Å². The number of nitrogens with zero attached hydrogens (tertiary/aromatic N) is 2. The Balaban J connectivity index is 1.80. The summed E-state index contributed by atoms with van der Waals surface area (Å²) in [7, 11) is 1.75. The third-order valence-electron chi connectivity index (χ3n) is 3.75. The summed E-state index contributed by atoms with van der Waals surface area (Å²) in [4.78, 5) is 17.8. The van der Waals surface area contributed by atoms with Crippen LogP contribution >= 0.6 is 0 Å². The normalized spacial score (nSPS) is 15.1. The summed E-state index contributed by atoms with van der Waals surface area (Å²) in [6.07, 6.45) is 1.61. The van der Waals surface area contributed by atoms with Crippen molar-refractivity contribution in [2.45, 2.75) is 26.3 Å². The van der Waals surface area contributed by atoms with Crippen molar-refractivity contribution in [3.05, 3.63) is 29.8 Å². The van der Waals surface area contributed by atoms with E-state index in [-0.39, 0.29) is 5.91 Å². The molecule has 2 rings (SSSR count). The number of nitrogens with one attached hydrogen (secondary N) is 2. The average Bonchev–Trinajstić information content (AvgIpc) is 3.01. The maximum atomic E-state index is 11.7. The van der Waals surface area contributed by atoms with E-state index in [4.69, 9.17) is 4.74 Å². The Hall–Kier alpha value is -2.08. The summed E-state index contributed by atoms with van der Waals surface area (Å²) in [6, 6.07) is 8.10. The number of aliphatic imine (C=N–C) groups is 1. The molecular formula is C17H26N4O2. The molecule has 0 aromatic heterocycles. The number of hydrogen-bond acceptors (Lipinski definition) is 3. The molecule has 0 saturated carbocycles. The summed E-state index contributed by atoms with van der Waals surface area (Å²) < 4.78 is 5.28. The van der Waals surface area contributed by atoms with Crippen molar-refractivity contribution in [1.82, 2.24) is 10.6 Å². The van der Waals surface area contributed by atoms with Crippen LogP contribution in [0.25, 0.3) is 0 Å². The molecule has 0 bridgehead atoms. The second-order valence-electron chi connectivity index (χ2n) is 5.36. The van der Waals surface area contributed by atoms with Gasteiger partial charge in [-0.1, -0.05) is 12.1 Å². The largest absolute Gasteiger partial charge is 0.380 e. The predicted molar refractivity (Wildman–Crippen MR) is 92.7 cm³/mol. The van der Waals surface area contributed by atoms with E-state index in [0.717, 1.165) is 43.3 Å². The average molecular weight is 318 g/mol. The molecule has 0 aliphatic carbocycles. The second kappa shape index (κ2) is 9.15. The fourth-order valence-electron chi connectivity index (χ4n) is 2.51. The van der Waals surface area contributed by atoms with Crippen molar-refractivity contribution < 1.29 is 9.53 Å². The molecule has 1 heterocycles. The quantitative estimate of drug-likeness (QED) is 0.454. The van der Waals surface area contributed by atoms with Gasteiger partial charge in [-0.25, -0.2) is 0 Å². The van der Waals surface area contributed by atoms with Crippen LogP contribution in [-0.4, -0.2) is 45.2 Å². The highest BCUT2D eigenvalue weighted by Gasteiger charge is 2.21. The third-order valence-corrected chi connectivity index (χ3v) is 3.75. The lowest BCUT2D eigenvalue weighted by atomic mass is 10.2. The van der Waals surface area contributed by atoms with Gasteiger partial charge in [-0.2, -0.15) is 0 Å². The number of carbonyl (C=O) groups is 1. The van der Waals surface area contributed by atoms with E-state index in [2.05, 4.69) is 15.6 Å². The Morgan fingerprint density at radius 2 is 2.09 bits per heavy atom. The zero-order chi connectivity index (χ0) is 16.5. The van der Waals surface area contributed by atoms with E-state index in [0.29, 0.717) is 19.6 Å². The van der Waals surface area contributed by atoms with Gasteiger partial charge in [0.15, 0.2) is 5.96 Å². The Morgan fingerprint density at radius 1 is 1.30 bits per heavy atom. The molecule has 0 unspecified atom stereocenters. The smallest absolute Gasteiger partial charge is 0.227 e. The number of carbonyl (C=O) groups excluding carboxylic acids is 1. The van der Waals surface area contributed by atoms with Crippen molar-refractivity contribution in [3.63, 3.8) is 0 Å². The highest BCUT2D eigenvalue weighted by atomic mass is 16.5. The zero-order valence-corrected chi connectivity index (χ0v) is 14.0. The Labute approximate surface area is 137 Å². The molecule has 2 N–H and O–H groups in total. The lowest BCUT2D eigenvalue weighted by Gasteiger charge is -2.16. The van der Waals surface area contributed by atoms with E-state index in [1.54, 1.807) is 7.05 Å². The van der Waals surface area contributed by atoms with Gasteiger partial charge in [0.1, 0.15) is 0 Å². The monoisotopic (exact) mass is 318 g/mol. The summed E-state index contributed by atoms with van der Waals surface area (Å²) >= 11 is 0. The summed E-state index contributed by atoms with van der Waals surface area (Å²) in [5.74, 6) is 0.971. The van der Waals surface area contributed by atoms with Crippen LogP contribution < -0.4 is 15.5 Å². The van der Waals surface area contributed by atoms with Crippen LogP contribution in [0.3, 0.4) is 0 Å². The fraction of sp³-hybridized carbons (Fsp3) is 0.529. The van der Waals surface area contributed by atoms with Crippen LogP contribution in [0.15, 0.2) is 29.3 Å². The van der Waals surface area contributed by atoms with Gasteiger partial charge in [0.25, 0.3) is 0 Å². The molecular weight excluding hydrogens is 292 g/mol. The van der Waals surface area contributed by atoms with Gasteiger partial charge in [0.2, 0.25) is 5.91 Å². The van der Waals surface area contributed by atoms with E-state index in [9.17, 15) is 4.79 Å². The fourth-order valence-corrected chi connectivity index (χ4v) is 2.51. The molecule has 1 amide bonds. The first-order valence-corrected chi connectivity index (χ1v) is 8.16. The summed E-state index contributed by atoms with van der Waals surface area (Å²) in [6.45, 7) is 5.60. The van der Waals surface area contributed by atoms with Gasteiger partial charge < -0.3 is 20.3 Å². The van der Waals surface area contributed by atoms with Gasteiger partial charge in [-0.3, -0.25) is 9.79 Å². The van der Waals surface area contributed by atoms with Gasteiger partial charge in [-0.15, -0.1) is 0 Å². The molecule has 1 aromatic rings. The Morgan fingerprint density at radius 3 is 2.70 bits per heavy atom. The zero-order valence-electron chi connectivity index (χ0n) is 14.0. The number of guanidine groups is 1. The third kappa shape index (κ3) is 5.25. The predicted octanol–water partition coefficient (Wildman–Crippen LogP) is 1.51. The second-order valence-corrected chi connectivity index (χ2v) is 5.36. The van der Waals surface area contributed by atoms with Crippen LogP contribution in [-0.2, 0) is 16.1 Å². The molecule has 23 heavy (non-hydrogen) atoms. The van der Waals surface area contributed by atoms with Crippen LogP contribution in [0.4, 0.5) is 5.69 Å². The highest BCUT2D eigenvalue weighted by Crippen LogP contribution is 2.21. The van der Waals surface area contributed by atoms with E-state index < -0.39 is 0 Å². The van der Waals surface area contributed by atoms with Crippen LogP contribution in [0, 0.1) is 0 Å². The minimum Gasteiger partial charge on any atom is -0.380 e. The Bertz CT molecular complexity index is 528. The lowest BCUT2D eigenvalue weighted by Crippen LogP contribution is -2.38. The SMILES string of the molecule is CCOCCNC(=NC)NCc1ccc(N2CCCC2=O)cc1. The lowest BCUT2D eigenvalue weighted by molar-refractivity contribution is -0.117. The molecule has 6 heteroatoms. The first-order chi connectivity index (χ1) is 11.2. The topological polar surface area (TPSA) is 66.0 Å².